The first kappa shape index (κ1) is 42.0. The second kappa shape index (κ2) is 15.4. The molecule has 5 rings (SSSR count). The fourth-order valence-corrected chi connectivity index (χ4v) is 8.20. The lowest BCUT2D eigenvalue weighted by Gasteiger charge is -2.31. The fourth-order valence-electron chi connectivity index (χ4n) is 8.20. The number of benzene rings is 4. The summed E-state index contributed by atoms with van der Waals surface area (Å²) in [6.07, 6.45) is 4.72. The van der Waals surface area contributed by atoms with Gasteiger partial charge in [0.1, 0.15) is 23.0 Å². The zero-order valence-electron chi connectivity index (χ0n) is 36.9. The van der Waals surface area contributed by atoms with Crippen LogP contribution in [0.15, 0.2) is 61.2 Å². The molecule has 0 heterocycles. The Labute approximate surface area is 333 Å². The molecule has 4 aromatic carbocycles. The van der Waals surface area contributed by atoms with E-state index in [9.17, 15) is 0 Å². The minimum absolute atomic E-state index is 0.0749. The Hall–Kier alpha value is -4.18. The van der Waals surface area contributed by atoms with E-state index in [-0.39, 0.29) is 27.6 Å². The quantitative estimate of drug-likeness (QED) is 0.184. The standard InChI is InChI=1S/C51H68O4/c1-18-19-41-42-29-39(50(8,9)10)27-35(46(42)54-16)21-33-25-37(48(2,3)4)23-31(44(33)52-14)20-32-24-38(49(5,6)7)26-34(45(32)53-15)22-36-28-40(51(11,12)13)30-43(41)47(36)55-17/h18,23-30,41H,1,19-22H2,2-17H3. The summed E-state index contributed by atoms with van der Waals surface area (Å²) >= 11 is 0. The second-order valence-electron chi connectivity index (χ2n) is 19.8. The lowest BCUT2D eigenvalue weighted by molar-refractivity contribution is 0.391. The van der Waals surface area contributed by atoms with Gasteiger partial charge in [0, 0.05) is 36.3 Å². The van der Waals surface area contributed by atoms with Gasteiger partial charge >= 0.3 is 0 Å². The van der Waals surface area contributed by atoms with E-state index in [2.05, 4.69) is 138 Å². The smallest absolute Gasteiger partial charge is 0.126 e. The van der Waals surface area contributed by atoms with Crippen molar-refractivity contribution in [3.05, 3.63) is 128 Å². The summed E-state index contributed by atoms with van der Waals surface area (Å²) in [4.78, 5) is 0. The molecule has 0 radical (unpaired) electrons. The molecule has 4 heteroatoms. The van der Waals surface area contributed by atoms with Crippen LogP contribution >= 0.6 is 0 Å². The van der Waals surface area contributed by atoms with E-state index in [0.717, 1.165) is 67.5 Å². The highest BCUT2D eigenvalue weighted by Gasteiger charge is 2.32. The molecule has 0 saturated heterocycles. The third kappa shape index (κ3) is 8.64. The molecule has 4 nitrogen and oxygen atoms in total. The normalized spacial score (nSPS) is 14.0. The zero-order chi connectivity index (χ0) is 40.8. The van der Waals surface area contributed by atoms with Crippen LogP contribution in [0.1, 0.15) is 162 Å². The summed E-state index contributed by atoms with van der Waals surface area (Å²) < 4.78 is 25.9. The van der Waals surface area contributed by atoms with Gasteiger partial charge in [-0.05, 0) is 83.7 Å². The van der Waals surface area contributed by atoms with Crippen molar-refractivity contribution in [2.75, 3.05) is 28.4 Å². The van der Waals surface area contributed by atoms with Gasteiger partial charge in [0.25, 0.3) is 0 Å². The maximum atomic E-state index is 6.53. The van der Waals surface area contributed by atoms with Gasteiger partial charge in [-0.3, -0.25) is 0 Å². The van der Waals surface area contributed by atoms with Gasteiger partial charge in [0.15, 0.2) is 0 Å². The molecule has 55 heavy (non-hydrogen) atoms. The molecule has 0 amide bonds. The predicted octanol–water partition coefficient (Wildman–Crippen LogP) is 12.7. The van der Waals surface area contributed by atoms with E-state index in [4.69, 9.17) is 18.9 Å². The Morgan fingerprint density at radius 1 is 0.436 bits per heavy atom. The van der Waals surface area contributed by atoms with E-state index < -0.39 is 0 Å². The Balaban J connectivity index is 2.04. The SMILES string of the molecule is C=CCC1c2cc(C(C)(C)C)cc(c2OC)Cc2cc(C(C)(C)C)cc(c2OC)Cc2cc(C(C)(C)C)cc(c2OC)Cc2cc(C(C)(C)C)cc1c2OC. The summed E-state index contributed by atoms with van der Waals surface area (Å²) in [5, 5.41) is 0. The van der Waals surface area contributed by atoms with Crippen LogP contribution in [-0.2, 0) is 40.9 Å². The number of rotatable bonds is 6. The van der Waals surface area contributed by atoms with E-state index in [0.29, 0.717) is 25.7 Å². The van der Waals surface area contributed by atoms with Crippen molar-refractivity contribution in [1.29, 1.82) is 0 Å². The van der Waals surface area contributed by atoms with E-state index in [1.165, 1.54) is 22.3 Å². The van der Waals surface area contributed by atoms with Crippen LogP contribution < -0.4 is 18.9 Å². The Kier molecular flexibility index (Phi) is 11.7. The van der Waals surface area contributed by atoms with Crippen LogP contribution in [0.3, 0.4) is 0 Å². The maximum Gasteiger partial charge on any atom is 0.126 e. The Bertz CT molecular complexity index is 1910. The van der Waals surface area contributed by atoms with Gasteiger partial charge in [-0.15, -0.1) is 6.58 Å². The van der Waals surface area contributed by atoms with Crippen LogP contribution in [0, 0.1) is 0 Å². The minimum atomic E-state index is -0.107. The van der Waals surface area contributed by atoms with Crippen LogP contribution in [0.4, 0.5) is 0 Å². The Morgan fingerprint density at radius 3 is 0.891 bits per heavy atom. The van der Waals surface area contributed by atoms with Crippen LogP contribution in [0.25, 0.3) is 0 Å². The van der Waals surface area contributed by atoms with E-state index in [1.54, 1.807) is 0 Å². The minimum Gasteiger partial charge on any atom is -0.496 e. The Morgan fingerprint density at radius 2 is 0.673 bits per heavy atom. The average Bonchev–Trinajstić information content (AvgIpc) is 3.07. The molecule has 8 bridgehead atoms. The largest absolute Gasteiger partial charge is 0.496 e. The molecule has 1 aliphatic carbocycles. The predicted molar refractivity (Wildman–Crippen MR) is 232 cm³/mol. The molecule has 0 saturated carbocycles. The van der Waals surface area contributed by atoms with Crippen molar-refractivity contribution >= 4 is 0 Å². The number of fused-ring (bicyclic) bond motifs is 8. The van der Waals surface area contributed by atoms with Crippen LogP contribution in [0.5, 0.6) is 23.0 Å². The number of methoxy groups -OCH3 is 4. The summed E-state index contributed by atoms with van der Waals surface area (Å²) in [5.41, 5.74) is 13.9. The highest BCUT2D eigenvalue weighted by atomic mass is 16.5. The van der Waals surface area contributed by atoms with Gasteiger partial charge in [0.05, 0.1) is 28.4 Å². The van der Waals surface area contributed by atoms with E-state index in [1.807, 2.05) is 34.5 Å². The van der Waals surface area contributed by atoms with Gasteiger partial charge < -0.3 is 18.9 Å². The summed E-state index contributed by atoms with van der Waals surface area (Å²) in [7, 11) is 7.25. The molecule has 0 spiro atoms. The van der Waals surface area contributed by atoms with Crippen molar-refractivity contribution < 1.29 is 18.9 Å². The van der Waals surface area contributed by atoms with Crippen LogP contribution in [0.2, 0.25) is 0 Å². The van der Waals surface area contributed by atoms with Gasteiger partial charge in [-0.1, -0.05) is 138 Å². The van der Waals surface area contributed by atoms with Crippen molar-refractivity contribution in [2.45, 2.75) is 136 Å². The number of hydrogen-bond donors (Lipinski definition) is 0. The van der Waals surface area contributed by atoms with Crippen molar-refractivity contribution in [3.8, 4) is 23.0 Å². The molecule has 1 aliphatic rings. The zero-order valence-corrected chi connectivity index (χ0v) is 36.9. The van der Waals surface area contributed by atoms with E-state index >= 15 is 0 Å². The average molecular weight is 745 g/mol. The highest BCUT2D eigenvalue weighted by molar-refractivity contribution is 5.61. The van der Waals surface area contributed by atoms with Gasteiger partial charge in [0.2, 0.25) is 0 Å². The first-order valence-electron chi connectivity index (χ1n) is 20.0. The summed E-state index contributed by atoms with van der Waals surface area (Å²) in [5.74, 6) is 3.57. The molecular weight excluding hydrogens is 677 g/mol. The number of hydrogen-bond acceptors (Lipinski definition) is 4. The summed E-state index contributed by atoms with van der Waals surface area (Å²) in [6, 6.07) is 18.9. The lowest BCUT2D eigenvalue weighted by atomic mass is 9.76. The maximum absolute atomic E-state index is 6.53. The topological polar surface area (TPSA) is 36.9 Å². The molecule has 296 valence electrons. The third-order valence-corrected chi connectivity index (χ3v) is 11.5. The molecule has 0 N–H and O–H groups in total. The first-order chi connectivity index (χ1) is 25.5. The summed E-state index contributed by atoms with van der Waals surface area (Å²) in [6.45, 7) is 31.8. The van der Waals surface area contributed by atoms with Gasteiger partial charge in [-0.25, -0.2) is 0 Å². The number of ether oxygens (including phenoxy) is 4. The third-order valence-electron chi connectivity index (χ3n) is 11.5. The second-order valence-corrected chi connectivity index (χ2v) is 19.8. The van der Waals surface area contributed by atoms with Crippen LogP contribution in [-0.4, -0.2) is 28.4 Å². The molecule has 0 atom stereocenters. The van der Waals surface area contributed by atoms with Crippen molar-refractivity contribution in [3.63, 3.8) is 0 Å². The molecule has 0 unspecified atom stereocenters. The highest BCUT2D eigenvalue weighted by Crippen LogP contribution is 2.48. The van der Waals surface area contributed by atoms with Crippen molar-refractivity contribution in [2.24, 2.45) is 0 Å². The first-order valence-corrected chi connectivity index (χ1v) is 20.0. The van der Waals surface area contributed by atoms with Crippen molar-refractivity contribution in [1.82, 2.24) is 0 Å². The molecule has 0 fully saturated rings. The molecular formula is C51H68O4. The molecule has 0 aromatic heterocycles. The monoisotopic (exact) mass is 745 g/mol. The molecule has 0 aliphatic heterocycles. The fraction of sp³-hybridized carbons (Fsp3) is 0.490. The number of allylic oxidation sites excluding steroid dienone is 1. The lowest BCUT2D eigenvalue weighted by Crippen LogP contribution is -2.18. The van der Waals surface area contributed by atoms with Gasteiger partial charge in [-0.2, -0.15) is 0 Å². The molecule has 4 aromatic rings.